The molecule has 0 aromatic heterocycles. The van der Waals surface area contributed by atoms with E-state index >= 15 is 0 Å². The molecule has 5 aromatic rings. The second-order valence-corrected chi connectivity index (χ2v) is 15.6. The third kappa shape index (κ3) is 10.2. The van der Waals surface area contributed by atoms with Gasteiger partial charge in [0.1, 0.15) is 0 Å². The zero-order valence-electron chi connectivity index (χ0n) is 32.1. The van der Waals surface area contributed by atoms with Crippen molar-refractivity contribution in [2.24, 2.45) is 0 Å². The standard InChI is InChI=1S/C47H50ClN3O6/c1-32(53)41(28-33-8-4-2-5-9-33)50-46(54)49-29-34-12-18-38(19-13-34)45-56-42(30-51-26-24-47(55,25-27-51)39-20-22-40(48)23-21-39)43(36-10-6-3-7-11-36)44(57-45)37-16-14-35(31-52)15-17-37/h2-23,41-45,52,55H,24-31H2,1H3,(H2,49,50,54)/t41-,42-,43-,44+,45?/m1/s1. The zero-order valence-corrected chi connectivity index (χ0v) is 32.9. The van der Waals surface area contributed by atoms with Crippen LogP contribution in [0.5, 0.6) is 0 Å². The molecular formula is C47H50ClN3O6. The van der Waals surface area contributed by atoms with Gasteiger partial charge >= 0.3 is 6.03 Å². The molecule has 0 bridgehead atoms. The first kappa shape index (κ1) is 40.3. The summed E-state index contributed by atoms with van der Waals surface area (Å²) < 4.78 is 13.9. The van der Waals surface area contributed by atoms with Crippen molar-refractivity contribution in [2.45, 2.75) is 75.4 Å². The van der Waals surface area contributed by atoms with Crippen molar-refractivity contribution in [1.82, 2.24) is 15.5 Å². The molecule has 296 valence electrons. The largest absolute Gasteiger partial charge is 0.392 e. The van der Waals surface area contributed by atoms with Crippen LogP contribution in [0.1, 0.15) is 77.0 Å². The lowest BCUT2D eigenvalue weighted by atomic mass is 9.81. The molecule has 0 radical (unpaired) electrons. The van der Waals surface area contributed by atoms with Gasteiger partial charge in [0.15, 0.2) is 12.1 Å². The lowest BCUT2D eigenvalue weighted by Gasteiger charge is -2.46. The molecule has 2 saturated heterocycles. The molecule has 5 atom stereocenters. The van der Waals surface area contributed by atoms with Gasteiger partial charge < -0.3 is 35.2 Å². The number of ketones is 1. The lowest BCUT2D eigenvalue weighted by Crippen LogP contribution is -2.49. The van der Waals surface area contributed by atoms with E-state index in [2.05, 4.69) is 27.7 Å². The van der Waals surface area contributed by atoms with E-state index in [0.29, 0.717) is 43.9 Å². The highest BCUT2D eigenvalue weighted by Gasteiger charge is 2.44. The van der Waals surface area contributed by atoms with Gasteiger partial charge in [-0.2, -0.15) is 0 Å². The van der Waals surface area contributed by atoms with Crippen LogP contribution in [-0.2, 0) is 39.4 Å². The van der Waals surface area contributed by atoms with Crippen molar-refractivity contribution in [3.8, 4) is 0 Å². The fourth-order valence-electron chi connectivity index (χ4n) is 7.90. The Bertz CT molecular complexity index is 2060. The second-order valence-electron chi connectivity index (χ2n) is 15.2. The monoisotopic (exact) mass is 787 g/mol. The highest BCUT2D eigenvalue weighted by atomic mass is 35.5. The van der Waals surface area contributed by atoms with E-state index in [0.717, 1.165) is 38.9 Å². The molecular weight excluding hydrogens is 738 g/mol. The molecule has 0 spiro atoms. The first-order valence-electron chi connectivity index (χ1n) is 19.6. The molecule has 57 heavy (non-hydrogen) atoms. The average Bonchev–Trinajstić information content (AvgIpc) is 3.24. The van der Waals surface area contributed by atoms with Gasteiger partial charge in [0.25, 0.3) is 0 Å². The highest BCUT2D eigenvalue weighted by Crippen LogP contribution is 2.47. The first-order valence-corrected chi connectivity index (χ1v) is 20.0. The van der Waals surface area contributed by atoms with E-state index in [1.54, 1.807) is 0 Å². The zero-order chi connectivity index (χ0) is 39.8. The quantitative estimate of drug-likeness (QED) is 0.0964. The van der Waals surface area contributed by atoms with Crippen molar-refractivity contribution in [1.29, 1.82) is 0 Å². The van der Waals surface area contributed by atoms with E-state index in [1.807, 2.05) is 121 Å². The van der Waals surface area contributed by atoms with E-state index in [9.17, 15) is 19.8 Å². The van der Waals surface area contributed by atoms with Gasteiger partial charge in [0.05, 0.1) is 30.5 Å². The molecule has 0 saturated carbocycles. The van der Waals surface area contributed by atoms with Crippen molar-refractivity contribution in [2.75, 3.05) is 19.6 Å². The molecule has 10 heteroatoms. The predicted molar refractivity (Wildman–Crippen MR) is 220 cm³/mol. The maximum atomic E-state index is 12.9. The summed E-state index contributed by atoms with van der Waals surface area (Å²) in [6.07, 6.45) is 0.258. The van der Waals surface area contributed by atoms with Gasteiger partial charge in [-0.05, 0) is 71.7 Å². The van der Waals surface area contributed by atoms with Crippen molar-refractivity contribution in [3.63, 3.8) is 0 Å². The summed E-state index contributed by atoms with van der Waals surface area (Å²) in [5, 5.41) is 27.8. The van der Waals surface area contributed by atoms with E-state index in [4.69, 9.17) is 21.1 Å². The average molecular weight is 788 g/mol. The summed E-state index contributed by atoms with van der Waals surface area (Å²) in [6.45, 7) is 3.72. The molecule has 9 nitrogen and oxygen atoms in total. The summed E-state index contributed by atoms with van der Waals surface area (Å²) in [5.41, 5.74) is 5.55. The SMILES string of the molecule is CC(=O)[C@@H](Cc1ccccc1)NC(=O)NCc1ccc(C2O[C@H](CN3CCC(O)(c4ccc(Cl)cc4)CC3)[C@@H](c3ccccc3)[C@H](c3ccc(CO)cc3)O2)cc1. The molecule has 2 aliphatic rings. The van der Waals surface area contributed by atoms with Crippen LogP contribution in [0.4, 0.5) is 4.79 Å². The van der Waals surface area contributed by atoms with Crippen molar-refractivity contribution < 1.29 is 29.3 Å². The number of rotatable bonds is 13. The third-order valence-electron chi connectivity index (χ3n) is 11.3. The number of nitrogens with zero attached hydrogens (tertiary/aromatic N) is 1. The number of carbonyl (C=O) groups is 2. The van der Waals surface area contributed by atoms with E-state index in [1.165, 1.54) is 6.92 Å². The number of amides is 2. The molecule has 0 aliphatic carbocycles. The predicted octanol–water partition coefficient (Wildman–Crippen LogP) is 7.75. The fourth-order valence-corrected chi connectivity index (χ4v) is 8.03. The fraction of sp³-hybridized carbons (Fsp3) is 0.319. The van der Waals surface area contributed by atoms with Gasteiger partial charge in [-0.15, -0.1) is 0 Å². The molecule has 2 aliphatic heterocycles. The van der Waals surface area contributed by atoms with Gasteiger partial charge in [0, 0.05) is 42.7 Å². The minimum absolute atomic E-state index is 0.0481. The third-order valence-corrected chi connectivity index (χ3v) is 11.5. The van der Waals surface area contributed by atoms with Crippen LogP contribution in [0.25, 0.3) is 0 Å². The molecule has 4 N–H and O–H groups in total. The van der Waals surface area contributed by atoms with Crippen LogP contribution < -0.4 is 10.6 Å². The minimum Gasteiger partial charge on any atom is -0.392 e. The Morgan fingerprint density at radius 1 is 0.772 bits per heavy atom. The van der Waals surface area contributed by atoms with Crippen LogP contribution >= 0.6 is 11.6 Å². The Morgan fingerprint density at radius 3 is 2.02 bits per heavy atom. The maximum Gasteiger partial charge on any atom is 0.315 e. The number of aliphatic hydroxyl groups excluding tert-OH is 1. The van der Waals surface area contributed by atoms with Crippen LogP contribution in [0.15, 0.2) is 133 Å². The number of Topliss-reactive ketones (excluding diaryl/α,β-unsaturated/α-hetero) is 1. The molecule has 2 amide bonds. The number of hydrogen-bond acceptors (Lipinski definition) is 7. The number of piperidine rings is 1. The number of carbonyl (C=O) groups excluding carboxylic acids is 2. The highest BCUT2D eigenvalue weighted by molar-refractivity contribution is 6.30. The lowest BCUT2D eigenvalue weighted by molar-refractivity contribution is -0.264. The van der Waals surface area contributed by atoms with E-state index < -0.39 is 24.0 Å². The summed E-state index contributed by atoms with van der Waals surface area (Å²) in [6, 6.07) is 42.1. The van der Waals surface area contributed by atoms with Gasteiger partial charge in [-0.3, -0.25) is 4.79 Å². The molecule has 2 fully saturated rings. The van der Waals surface area contributed by atoms with Crippen LogP contribution in [0, 0.1) is 0 Å². The van der Waals surface area contributed by atoms with Crippen molar-refractivity contribution in [3.05, 3.63) is 177 Å². The normalized spacial score (nSPS) is 21.3. The van der Waals surface area contributed by atoms with Crippen LogP contribution in [0.3, 0.4) is 0 Å². The smallest absolute Gasteiger partial charge is 0.315 e. The molecule has 2 heterocycles. The summed E-state index contributed by atoms with van der Waals surface area (Å²) in [7, 11) is 0. The number of aliphatic hydroxyl groups is 2. The topological polar surface area (TPSA) is 120 Å². The van der Waals surface area contributed by atoms with Gasteiger partial charge in [-0.1, -0.05) is 133 Å². The number of ether oxygens (including phenoxy) is 2. The molecule has 7 rings (SSSR count). The Morgan fingerprint density at radius 2 is 1.39 bits per heavy atom. The molecule has 5 aromatic carbocycles. The maximum absolute atomic E-state index is 12.9. The first-order chi connectivity index (χ1) is 27.7. The van der Waals surface area contributed by atoms with Crippen LogP contribution in [0.2, 0.25) is 5.02 Å². The van der Waals surface area contributed by atoms with Gasteiger partial charge in [-0.25, -0.2) is 4.79 Å². The van der Waals surface area contributed by atoms with Gasteiger partial charge in [0.2, 0.25) is 0 Å². The number of hydrogen-bond donors (Lipinski definition) is 4. The van der Waals surface area contributed by atoms with E-state index in [-0.39, 0.29) is 37.1 Å². The number of likely N-dealkylation sites (tertiary alicyclic amines) is 1. The second kappa shape index (κ2) is 18.6. The van der Waals surface area contributed by atoms with Crippen molar-refractivity contribution >= 4 is 23.4 Å². The summed E-state index contributed by atoms with van der Waals surface area (Å²) in [4.78, 5) is 27.6. The summed E-state index contributed by atoms with van der Waals surface area (Å²) in [5.74, 6) is -0.261. The Hall–Kier alpha value is -4.87. The number of benzene rings is 5. The number of halogens is 1. The van der Waals surface area contributed by atoms with Crippen LogP contribution in [-0.4, -0.2) is 58.7 Å². The summed E-state index contributed by atoms with van der Waals surface area (Å²) >= 11 is 6.14. The Labute approximate surface area is 339 Å². The minimum atomic E-state index is -0.926. The number of nitrogens with one attached hydrogen (secondary N) is 2. The number of urea groups is 1. The molecule has 1 unspecified atom stereocenters. The Kier molecular flexibility index (Phi) is 13.2. The Balaban J connectivity index is 1.08.